The highest BCUT2D eigenvalue weighted by Crippen LogP contribution is 2.13. The summed E-state index contributed by atoms with van der Waals surface area (Å²) in [7, 11) is -3.01. The number of nitrogens with two attached hydrogens (primary N) is 1. The fraction of sp³-hybridized carbons (Fsp3) is 1.00. The Morgan fingerprint density at radius 2 is 1.68 bits per heavy atom. The molecule has 6 heteroatoms. The Morgan fingerprint density at radius 1 is 1.11 bits per heavy atom. The minimum Gasteiger partial charge on any atom is -0.328 e. The first-order valence-electron chi connectivity index (χ1n) is 7.22. The molecular formula is C13H29N3O2S. The van der Waals surface area contributed by atoms with Gasteiger partial charge >= 0.3 is 0 Å². The Bertz CT molecular complexity index is 349. The van der Waals surface area contributed by atoms with Crippen LogP contribution in [0.2, 0.25) is 0 Å². The maximum Gasteiger partial charge on any atom is 0.211 e. The van der Waals surface area contributed by atoms with E-state index < -0.39 is 10.0 Å². The van der Waals surface area contributed by atoms with Gasteiger partial charge in [0.2, 0.25) is 10.0 Å². The molecule has 0 aromatic rings. The minimum atomic E-state index is -3.01. The number of hydrogen-bond acceptors (Lipinski definition) is 4. The number of nitrogens with zero attached hydrogens (tertiary/aromatic N) is 2. The topological polar surface area (TPSA) is 66.6 Å². The zero-order valence-corrected chi connectivity index (χ0v) is 13.3. The monoisotopic (exact) mass is 291 g/mol. The van der Waals surface area contributed by atoms with E-state index in [2.05, 4.69) is 18.7 Å². The van der Waals surface area contributed by atoms with Crippen molar-refractivity contribution < 1.29 is 8.42 Å². The van der Waals surface area contributed by atoms with Gasteiger partial charge in [-0.2, -0.15) is 4.31 Å². The summed E-state index contributed by atoms with van der Waals surface area (Å²) >= 11 is 0. The van der Waals surface area contributed by atoms with Crippen LogP contribution in [0.15, 0.2) is 0 Å². The van der Waals surface area contributed by atoms with E-state index in [1.54, 1.807) is 4.31 Å². The Kier molecular flexibility index (Phi) is 6.73. The maximum absolute atomic E-state index is 11.4. The average Bonchev–Trinajstić information content (AvgIpc) is 2.27. The van der Waals surface area contributed by atoms with E-state index in [0.717, 1.165) is 26.1 Å². The molecule has 2 N–H and O–H groups in total. The second-order valence-corrected chi connectivity index (χ2v) is 7.96. The summed E-state index contributed by atoms with van der Waals surface area (Å²) < 4.78 is 24.4. The average molecular weight is 291 g/mol. The molecule has 0 bridgehead atoms. The molecule has 1 heterocycles. The van der Waals surface area contributed by atoms with Crippen LogP contribution in [0.1, 0.15) is 33.1 Å². The molecule has 0 aromatic carbocycles. The third kappa shape index (κ3) is 6.70. The Balaban J connectivity index is 2.21. The lowest BCUT2D eigenvalue weighted by atomic mass is 10.0. The van der Waals surface area contributed by atoms with Gasteiger partial charge < -0.3 is 10.6 Å². The molecule has 1 fully saturated rings. The number of sulfonamides is 1. The lowest BCUT2D eigenvalue weighted by Crippen LogP contribution is -2.49. The molecule has 5 nitrogen and oxygen atoms in total. The third-order valence-corrected chi connectivity index (χ3v) is 5.03. The fourth-order valence-electron chi connectivity index (χ4n) is 2.56. The SMILES string of the molecule is CC(N)CCCC(C)CN1CCN(S(C)(=O)=O)CC1. The van der Waals surface area contributed by atoms with Crippen molar-refractivity contribution in [1.82, 2.24) is 9.21 Å². The largest absolute Gasteiger partial charge is 0.328 e. The van der Waals surface area contributed by atoms with Crippen molar-refractivity contribution in [2.75, 3.05) is 39.0 Å². The van der Waals surface area contributed by atoms with Gasteiger partial charge in [-0.25, -0.2) is 8.42 Å². The predicted molar refractivity (Wildman–Crippen MR) is 79.5 cm³/mol. The molecule has 0 aliphatic carbocycles. The molecule has 0 aromatic heterocycles. The van der Waals surface area contributed by atoms with E-state index in [1.165, 1.54) is 19.1 Å². The van der Waals surface area contributed by atoms with Gasteiger partial charge in [-0.3, -0.25) is 0 Å². The van der Waals surface area contributed by atoms with Crippen LogP contribution in [-0.2, 0) is 10.0 Å². The highest BCUT2D eigenvalue weighted by Gasteiger charge is 2.23. The summed E-state index contributed by atoms with van der Waals surface area (Å²) in [5.41, 5.74) is 5.75. The molecule has 1 aliphatic heterocycles. The molecule has 19 heavy (non-hydrogen) atoms. The van der Waals surface area contributed by atoms with Gasteiger partial charge in [-0.05, 0) is 25.7 Å². The second kappa shape index (κ2) is 7.57. The Labute approximate surface area is 118 Å². The highest BCUT2D eigenvalue weighted by molar-refractivity contribution is 7.88. The Morgan fingerprint density at radius 3 is 2.16 bits per heavy atom. The number of piperazine rings is 1. The standard InChI is InChI=1S/C13H29N3O2S/c1-12(5-4-6-13(2)14)11-15-7-9-16(10-8-15)19(3,17)18/h12-13H,4-11,14H2,1-3H3. The van der Waals surface area contributed by atoms with Gasteiger partial charge in [-0.15, -0.1) is 0 Å². The summed E-state index contributed by atoms with van der Waals surface area (Å²) in [5.74, 6) is 0.656. The molecule has 114 valence electrons. The van der Waals surface area contributed by atoms with Gasteiger partial charge in [-0.1, -0.05) is 13.3 Å². The normalized spacial score (nSPS) is 22.3. The summed E-state index contributed by atoms with van der Waals surface area (Å²) in [5, 5.41) is 0. The van der Waals surface area contributed by atoms with Gasteiger partial charge in [0.15, 0.2) is 0 Å². The summed E-state index contributed by atoms with van der Waals surface area (Å²) in [4.78, 5) is 2.37. The molecule has 0 radical (unpaired) electrons. The summed E-state index contributed by atoms with van der Waals surface area (Å²) in [6, 6.07) is 0.297. The lowest BCUT2D eigenvalue weighted by molar-refractivity contribution is 0.165. The zero-order chi connectivity index (χ0) is 14.5. The van der Waals surface area contributed by atoms with E-state index in [4.69, 9.17) is 5.73 Å². The molecule has 2 unspecified atom stereocenters. The number of rotatable bonds is 7. The van der Waals surface area contributed by atoms with E-state index in [-0.39, 0.29) is 0 Å². The van der Waals surface area contributed by atoms with E-state index >= 15 is 0 Å². The molecule has 1 saturated heterocycles. The fourth-order valence-corrected chi connectivity index (χ4v) is 3.39. The van der Waals surface area contributed by atoms with Crippen LogP contribution in [0.4, 0.5) is 0 Å². The van der Waals surface area contributed by atoms with Crippen LogP contribution in [0, 0.1) is 5.92 Å². The van der Waals surface area contributed by atoms with Crippen molar-refractivity contribution in [3.8, 4) is 0 Å². The van der Waals surface area contributed by atoms with Crippen LogP contribution in [0.5, 0.6) is 0 Å². The van der Waals surface area contributed by atoms with E-state index in [9.17, 15) is 8.42 Å². The van der Waals surface area contributed by atoms with Gasteiger partial charge in [0, 0.05) is 38.8 Å². The van der Waals surface area contributed by atoms with Crippen LogP contribution in [0.3, 0.4) is 0 Å². The first kappa shape index (κ1) is 16.9. The van der Waals surface area contributed by atoms with Crippen LogP contribution in [0.25, 0.3) is 0 Å². The predicted octanol–water partition coefficient (Wildman–Crippen LogP) is 0.717. The van der Waals surface area contributed by atoms with Gasteiger partial charge in [0.05, 0.1) is 6.26 Å². The first-order chi connectivity index (χ1) is 8.79. The Hall–Kier alpha value is -0.170. The number of hydrogen-bond donors (Lipinski definition) is 1. The third-order valence-electron chi connectivity index (χ3n) is 3.73. The minimum absolute atomic E-state index is 0.297. The quantitative estimate of drug-likeness (QED) is 0.750. The zero-order valence-electron chi connectivity index (χ0n) is 12.5. The molecule has 0 saturated carbocycles. The van der Waals surface area contributed by atoms with Crippen molar-refractivity contribution in [2.24, 2.45) is 11.7 Å². The molecular weight excluding hydrogens is 262 g/mol. The van der Waals surface area contributed by atoms with Crippen LogP contribution < -0.4 is 5.73 Å². The van der Waals surface area contributed by atoms with Gasteiger partial charge in [0.25, 0.3) is 0 Å². The molecule has 0 spiro atoms. The van der Waals surface area contributed by atoms with Crippen molar-refractivity contribution >= 4 is 10.0 Å². The molecule has 1 rings (SSSR count). The van der Waals surface area contributed by atoms with Crippen molar-refractivity contribution in [2.45, 2.75) is 39.2 Å². The van der Waals surface area contributed by atoms with Crippen LogP contribution in [-0.4, -0.2) is 62.6 Å². The van der Waals surface area contributed by atoms with E-state index in [0.29, 0.717) is 25.0 Å². The van der Waals surface area contributed by atoms with Crippen molar-refractivity contribution in [3.63, 3.8) is 0 Å². The molecule has 2 atom stereocenters. The molecule has 1 aliphatic rings. The van der Waals surface area contributed by atoms with Gasteiger partial charge in [0.1, 0.15) is 0 Å². The summed E-state index contributed by atoms with van der Waals surface area (Å²) in [6.07, 6.45) is 4.77. The molecule has 0 amide bonds. The second-order valence-electron chi connectivity index (χ2n) is 5.98. The van der Waals surface area contributed by atoms with Crippen molar-refractivity contribution in [1.29, 1.82) is 0 Å². The lowest BCUT2D eigenvalue weighted by Gasteiger charge is -2.34. The van der Waals surface area contributed by atoms with E-state index in [1.807, 2.05) is 0 Å². The van der Waals surface area contributed by atoms with Crippen molar-refractivity contribution in [3.05, 3.63) is 0 Å². The summed E-state index contributed by atoms with van der Waals surface area (Å²) in [6.45, 7) is 8.35. The highest BCUT2D eigenvalue weighted by atomic mass is 32.2. The maximum atomic E-state index is 11.4. The van der Waals surface area contributed by atoms with Crippen LogP contribution >= 0.6 is 0 Å². The first-order valence-corrected chi connectivity index (χ1v) is 9.07. The smallest absolute Gasteiger partial charge is 0.211 e.